The lowest BCUT2D eigenvalue weighted by atomic mass is 10.0. The molecule has 0 amide bonds. The topological polar surface area (TPSA) is 29.3 Å². The van der Waals surface area contributed by atoms with Crippen LogP contribution in [0.5, 0.6) is 0 Å². The summed E-state index contributed by atoms with van der Waals surface area (Å²) < 4.78 is 40.4. The number of likely N-dealkylation sites (N-methyl/N-ethyl adjacent to an activating group) is 1. The van der Waals surface area contributed by atoms with Crippen LogP contribution in [0.3, 0.4) is 0 Å². The number of nitrogens with zero attached hydrogens (tertiary/aromatic N) is 1. The highest BCUT2D eigenvalue weighted by molar-refractivity contribution is 5.49. The smallest absolute Gasteiger partial charge is 0.128 e. The Balaban J connectivity index is 2.42. The summed E-state index contributed by atoms with van der Waals surface area (Å²) in [6, 6.07) is 8.64. The number of rotatable bonds is 5. The summed E-state index contributed by atoms with van der Waals surface area (Å²) in [7, 11) is 0. The van der Waals surface area contributed by atoms with E-state index in [0.29, 0.717) is 12.2 Å². The Bertz CT molecular complexity index is 599. The van der Waals surface area contributed by atoms with Crippen molar-refractivity contribution in [2.24, 2.45) is 5.73 Å². The molecule has 21 heavy (non-hydrogen) atoms. The van der Waals surface area contributed by atoms with Crippen molar-refractivity contribution in [1.82, 2.24) is 0 Å². The Labute approximate surface area is 122 Å². The molecule has 0 aliphatic rings. The van der Waals surface area contributed by atoms with E-state index < -0.39 is 17.7 Å². The van der Waals surface area contributed by atoms with Crippen LogP contribution >= 0.6 is 0 Å². The van der Waals surface area contributed by atoms with Gasteiger partial charge in [-0.25, -0.2) is 13.2 Å². The van der Waals surface area contributed by atoms with Crippen LogP contribution in [0.25, 0.3) is 0 Å². The number of hydrogen-bond acceptors (Lipinski definition) is 2. The van der Waals surface area contributed by atoms with Gasteiger partial charge in [-0.1, -0.05) is 0 Å². The number of hydrogen-bond donors (Lipinski definition) is 1. The van der Waals surface area contributed by atoms with Gasteiger partial charge in [-0.15, -0.1) is 0 Å². The van der Waals surface area contributed by atoms with Gasteiger partial charge < -0.3 is 10.6 Å². The molecule has 2 N–H and O–H groups in total. The predicted molar refractivity (Wildman–Crippen MR) is 77.6 cm³/mol. The first-order chi connectivity index (χ1) is 10.1. The number of nitrogens with two attached hydrogens (primary N) is 1. The standard InChI is InChI=1S/C16H17F3N2/c1-2-21(13-6-3-11(17)4-7-13)16(10-20)14-9-12(18)5-8-15(14)19/h3-9,16H,2,10,20H2,1H3. The first kappa shape index (κ1) is 15.4. The maximum atomic E-state index is 14.0. The Morgan fingerprint density at radius 2 is 1.62 bits per heavy atom. The zero-order valence-corrected chi connectivity index (χ0v) is 11.7. The third kappa shape index (κ3) is 3.36. The van der Waals surface area contributed by atoms with Gasteiger partial charge in [0.2, 0.25) is 0 Å². The maximum absolute atomic E-state index is 14.0. The van der Waals surface area contributed by atoms with Crippen molar-refractivity contribution in [3.63, 3.8) is 0 Å². The highest BCUT2D eigenvalue weighted by atomic mass is 19.1. The van der Waals surface area contributed by atoms with Crippen LogP contribution in [0, 0.1) is 17.5 Å². The van der Waals surface area contributed by atoms with Crippen molar-refractivity contribution in [3.05, 3.63) is 65.5 Å². The van der Waals surface area contributed by atoms with Gasteiger partial charge in [0.15, 0.2) is 0 Å². The summed E-state index contributed by atoms with van der Waals surface area (Å²) in [4.78, 5) is 1.82. The molecule has 0 fully saturated rings. The lowest BCUT2D eigenvalue weighted by Crippen LogP contribution is -2.34. The molecule has 5 heteroatoms. The van der Waals surface area contributed by atoms with E-state index in [1.54, 1.807) is 12.1 Å². The zero-order chi connectivity index (χ0) is 15.4. The first-order valence-electron chi connectivity index (χ1n) is 6.74. The van der Waals surface area contributed by atoms with E-state index in [9.17, 15) is 13.2 Å². The van der Waals surface area contributed by atoms with Crippen molar-refractivity contribution >= 4 is 5.69 Å². The monoisotopic (exact) mass is 294 g/mol. The van der Waals surface area contributed by atoms with Crippen molar-refractivity contribution in [1.29, 1.82) is 0 Å². The molecule has 0 heterocycles. The van der Waals surface area contributed by atoms with Crippen LogP contribution < -0.4 is 10.6 Å². The fourth-order valence-electron chi connectivity index (χ4n) is 2.41. The van der Waals surface area contributed by atoms with Gasteiger partial charge in [0.1, 0.15) is 17.5 Å². The maximum Gasteiger partial charge on any atom is 0.128 e. The predicted octanol–water partition coefficient (Wildman–Crippen LogP) is 3.63. The second-order valence-electron chi connectivity index (χ2n) is 4.68. The van der Waals surface area contributed by atoms with Gasteiger partial charge in [0.25, 0.3) is 0 Å². The average molecular weight is 294 g/mol. The summed E-state index contributed by atoms with van der Waals surface area (Å²) >= 11 is 0. The molecule has 0 aromatic heterocycles. The molecule has 0 aliphatic carbocycles. The third-order valence-electron chi connectivity index (χ3n) is 3.42. The van der Waals surface area contributed by atoms with Crippen LogP contribution in [-0.2, 0) is 0 Å². The Morgan fingerprint density at radius 3 is 2.19 bits per heavy atom. The van der Waals surface area contributed by atoms with E-state index in [2.05, 4.69) is 0 Å². The molecule has 0 saturated heterocycles. The molecular formula is C16H17F3N2. The van der Waals surface area contributed by atoms with Crippen molar-refractivity contribution < 1.29 is 13.2 Å². The van der Waals surface area contributed by atoms with Gasteiger partial charge >= 0.3 is 0 Å². The Morgan fingerprint density at radius 1 is 1.00 bits per heavy atom. The molecule has 1 unspecified atom stereocenters. The molecule has 0 radical (unpaired) electrons. The minimum Gasteiger partial charge on any atom is -0.363 e. The average Bonchev–Trinajstić information content (AvgIpc) is 2.49. The molecule has 0 spiro atoms. The summed E-state index contributed by atoms with van der Waals surface area (Å²) in [6.07, 6.45) is 0. The van der Waals surface area contributed by atoms with Gasteiger partial charge in [-0.2, -0.15) is 0 Å². The van der Waals surface area contributed by atoms with Crippen molar-refractivity contribution in [2.45, 2.75) is 13.0 Å². The normalized spacial score (nSPS) is 12.2. The highest BCUT2D eigenvalue weighted by Crippen LogP contribution is 2.28. The van der Waals surface area contributed by atoms with Crippen molar-refractivity contribution in [3.8, 4) is 0 Å². The van der Waals surface area contributed by atoms with E-state index in [1.165, 1.54) is 12.1 Å². The first-order valence-corrected chi connectivity index (χ1v) is 6.74. The molecule has 1 atom stereocenters. The zero-order valence-electron chi connectivity index (χ0n) is 11.7. The number of halogens is 3. The van der Waals surface area contributed by atoms with E-state index in [-0.39, 0.29) is 17.9 Å². The van der Waals surface area contributed by atoms with E-state index >= 15 is 0 Å². The SMILES string of the molecule is CCN(c1ccc(F)cc1)C(CN)c1cc(F)ccc1F. The van der Waals surface area contributed by atoms with Crippen LogP contribution in [-0.4, -0.2) is 13.1 Å². The second kappa shape index (κ2) is 6.63. The summed E-state index contributed by atoms with van der Waals surface area (Å²) in [5.74, 6) is -1.37. The van der Waals surface area contributed by atoms with Gasteiger partial charge in [-0.05, 0) is 49.4 Å². The second-order valence-corrected chi connectivity index (χ2v) is 4.68. The number of benzene rings is 2. The third-order valence-corrected chi connectivity index (χ3v) is 3.42. The lowest BCUT2D eigenvalue weighted by Gasteiger charge is -2.32. The van der Waals surface area contributed by atoms with Gasteiger partial charge in [0, 0.05) is 24.3 Å². The quantitative estimate of drug-likeness (QED) is 0.912. The molecule has 0 bridgehead atoms. The Hall–Kier alpha value is -2.01. The summed E-state index contributed by atoms with van der Waals surface area (Å²) in [6.45, 7) is 2.53. The van der Waals surface area contributed by atoms with Gasteiger partial charge in [0.05, 0.1) is 6.04 Å². The van der Waals surface area contributed by atoms with Crippen LogP contribution in [0.4, 0.5) is 18.9 Å². The summed E-state index contributed by atoms with van der Waals surface area (Å²) in [5, 5.41) is 0. The molecule has 2 aromatic rings. The van der Waals surface area contributed by atoms with E-state index in [4.69, 9.17) is 5.73 Å². The van der Waals surface area contributed by atoms with Crippen LogP contribution in [0.15, 0.2) is 42.5 Å². The molecule has 112 valence electrons. The molecule has 2 nitrogen and oxygen atoms in total. The molecule has 2 rings (SSSR count). The van der Waals surface area contributed by atoms with Crippen molar-refractivity contribution in [2.75, 3.05) is 18.0 Å². The number of anilines is 1. The minimum atomic E-state index is -0.517. The minimum absolute atomic E-state index is 0.117. The van der Waals surface area contributed by atoms with E-state index in [1.807, 2.05) is 11.8 Å². The molecule has 0 saturated carbocycles. The lowest BCUT2D eigenvalue weighted by molar-refractivity contribution is 0.547. The van der Waals surface area contributed by atoms with Crippen LogP contribution in [0.2, 0.25) is 0 Å². The van der Waals surface area contributed by atoms with E-state index in [0.717, 1.165) is 18.2 Å². The van der Waals surface area contributed by atoms with Crippen LogP contribution in [0.1, 0.15) is 18.5 Å². The Kier molecular flexibility index (Phi) is 4.85. The molecule has 2 aromatic carbocycles. The summed E-state index contributed by atoms with van der Waals surface area (Å²) in [5.41, 5.74) is 6.67. The molecule has 0 aliphatic heterocycles. The fraction of sp³-hybridized carbons (Fsp3) is 0.250. The fourth-order valence-corrected chi connectivity index (χ4v) is 2.41. The molecular weight excluding hydrogens is 277 g/mol. The highest BCUT2D eigenvalue weighted by Gasteiger charge is 2.22. The van der Waals surface area contributed by atoms with Gasteiger partial charge in [-0.3, -0.25) is 0 Å². The largest absolute Gasteiger partial charge is 0.363 e.